The first-order chi connectivity index (χ1) is 13.2. The van der Waals surface area contributed by atoms with Crippen LogP contribution < -0.4 is 4.57 Å². The molecule has 0 N–H and O–H groups in total. The normalized spacial score (nSPS) is 13.1. The van der Waals surface area contributed by atoms with E-state index in [0.717, 1.165) is 11.5 Å². The van der Waals surface area contributed by atoms with Gasteiger partial charge in [-0.2, -0.15) is 0 Å². The molecule has 0 fully saturated rings. The Morgan fingerprint density at radius 3 is 2.11 bits per heavy atom. The molecular formula is C22H19N2O3+. The van der Waals surface area contributed by atoms with Crippen molar-refractivity contribution in [1.29, 1.82) is 0 Å². The summed E-state index contributed by atoms with van der Waals surface area (Å²) in [6, 6.07) is 21.1. The molecule has 2 heterocycles. The molecule has 1 aromatic heterocycles. The van der Waals surface area contributed by atoms with E-state index in [1.807, 2.05) is 35.0 Å². The summed E-state index contributed by atoms with van der Waals surface area (Å²) in [6.07, 6.45) is 4.85. The first-order valence-corrected chi connectivity index (χ1v) is 8.85. The van der Waals surface area contributed by atoms with E-state index < -0.39 is 11.8 Å². The van der Waals surface area contributed by atoms with E-state index in [1.54, 1.807) is 24.3 Å². The summed E-state index contributed by atoms with van der Waals surface area (Å²) >= 11 is 0. The van der Waals surface area contributed by atoms with Crippen LogP contribution in [0.4, 0.5) is 0 Å². The van der Waals surface area contributed by atoms with E-state index in [0.29, 0.717) is 17.7 Å². The van der Waals surface area contributed by atoms with Gasteiger partial charge in [-0.25, -0.2) is 4.57 Å². The van der Waals surface area contributed by atoms with Crippen molar-refractivity contribution in [2.75, 3.05) is 6.61 Å². The fraction of sp³-hybridized carbons (Fsp3) is 0.136. The molecule has 2 amide bonds. The Hall–Kier alpha value is -3.31. The van der Waals surface area contributed by atoms with Crippen LogP contribution >= 0.6 is 0 Å². The highest BCUT2D eigenvalue weighted by Crippen LogP contribution is 2.22. The maximum Gasteiger partial charge on any atom is 0.285 e. The summed E-state index contributed by atoms with van der Waals surface area (Å²) in [6.45, 7) is 0.765. The largest absolute Gasteiger partial charge is 0.285 e. The molecule has 0 bridgehead atoms. The van der Waals surface area contributed by atoms with Crippen molar-refractivity contribution in [3.05, 3.63) is 101 Å². The second-order valence-corrected chi connectivity index (χ2v) is 6.40. The third-order valence-electron chi connectivity index (χ3n) is 4.50. The van der Waals surface area contributed by atoms with Crippen molar-refractivity contribution in [1.82, 2.24) is 5.06 Å². The van der Waals surface area contributed by atoms with Crippen molar-refractivity contribution in [3.63, 3.8) is 0 Å². The molecular weight excluding hydrogens is 340 g/mol. The van der Waals surface area contributed by atoms with Crippen LogP contribution in [-0.2, 0) is 17.8 Å². The topological polar surface area (TPSA) is 50.5 Å². The third-order valence-corrected chi connectivity index (χ3v) is 4.50. The van der Waals surface area contributed by atoms with Gasteiger partial charge in [0.1, 0.15) is 6.61 Å². The number of amides is 2. The van der Waals surface area contributed by atoms with Gasteiger partial charge in [0.2, 0.25) is 0 Å². The zero-order valence-electron chi connectivity index (χ0n) is 14.7. The molecule has 27 heavy (non-hydrogen) atoms. The minimum Gasteiger partial charge on any atom is -0.266 e. The van der Waals surface area contributed by atoms with Gasteiger partial charge in [-0.05, 0) is 23.8 Å². The smallest absolute Gasteiger partial charge is 0.266 e. The number of hydrogen-bond acceptors (Lipinski definition) is 3. The molecule has 0 saturated heterocycles. The number of nitrogens with zero attached hydrogens (tertiary/aromatic N) is 2. The average Bonchev–Trinajstić information content (AvgIpc) is 2.94. The third kappa shape index (κ3) is 3.64. The lowest BCUT2D eigenvalue weighted by atomic mass is 10.1. The molecule has 5 heteroatoms. The summed E-state index contributed by atoms with van der Waals surface area (Å²) in [5.74, 6) is -0.808. The number of imide groups is 1. The summed E-state index contributed by atoms with van der Waals surface area (Å²) in [4.78, 5) is 30.0. The van der Waals surface area contributed by atoms with E-state index in [4.69, 9.17) is 4.84 Å². The van der Waals surface area contributed by atoms with Crippen molar-refractivity contribution < 1.29 is 19.0 Å². The molecule has 3 aromatic rings. The fourth-order valence-corrected chi connectivity index (χ4v) is 3.17. The summed E-state index contributed by atoms with van der Waals surface area (Å²) in [7, 11) is 0. The molecule has 0 saturated carbocycles. The fourth-order valence-electron chi connectivity index (χ4n) is 3.17. The van der Waals surface area contributed by atoms with Gasteiger partial charge in [0.05, 0.1) is 11.1 Å². The monoisotopic (exact) mass is 359 g/mol. The zero-order chi connectivity index (χ0) is 18.6. The first-order valence-electron chi connectivity index (χ1n) is 8.85. The molecule has 0 radical (unpaired) electrons. The van der Waals surface area contributed by atoms with Crippen LogP contribution in [0.3, 0.4) is 0 Å². The Morgan fingerprint density at radius 1 is 0.778 bits per heavy atom. The number of hydroxylamine groups is 2. The first kappa shape index (κ1) is 17.1. The second-order valence-electron chi connectivity index (χ2n) is 6.40. The predicted octanol–water partition coefficient (Wildman–Crippen LogP) is 2.79. The summed E-state index contributed by atoms with van der Waals surface area (Å²) in [5, 5.41) is 0.860. The number of benzene rings is 2. The van der Waals surface area contributed by atoms with Crippen LogP contribution in [-0.4, -0.2) is 23.5 Å². The highest BCUT2D eigenvalue weighted by Gasteiger charge is 2.36. The van der Waals surface area contributed by atoms with Crippen LogP contribution in [0.1, 0.15) is 31.8 Å². The Morgan fingerprint density at radius 2 is 1.41 bits per heavy atom. The van der Waals surface area contributed by atoms with Crippen LogP contribution in [0.15, 0.2) is 79.1 Å². The number of rotatable bonds is 6. The summed E-state index contributed by atoms with van der Waals surface area (Å²) < 4.78 is 2.00. The Kier molecular flexibility index (Phi) is 4.77. The Labute approximate surface area is 157 Å². The van der Waals surface area contributed by atoms with Gasteiger partial charge in [0.25, 0.3) is 11.8 Å². The van der Waals surface area contributed by atoms with E-state index in [1.165, 1.54) is 11.1 Å². The summed E-state index contributed by atoms with van der Waals surface area (Å²) in [5.41, 5.74) is 3.21. The van der Waals surface area contributed by atoms with Gasteiger partial charge in [0, 0.05) is 18.1 Å². The number of hydrogen-bond donors (Lipinski definition) is 0. The molecule has 0 atom stereocenters. The number of pyridine rings is 1. The van der Waals surface area contributed by atoms with E-state index in [2.05, 4.69) is 24.4 Å². The maximum absolute atomic E-state index is 12.3. The number of fused-ring (bicyclic) bond motifs is 1. The highest BCUT2D eigenvalue weighted by atomic mass is 16.7. The molecule has 134 valence electrons. The van der Waals surface area contributed by atoms with Gasteiger partial charge in [-0.3, -0.25) is 14.4 Å². The molecule has 0 aliphatic carbocycles. The lowest BCUT2D eigenvalue weighted by molar-refractivity contribution is -0.699. The van der Waals surface area contributed by atoms with Gasteiger partial charge in [-0.15, -0.1) is 5.06 Å². The average molecular weight is 359 g/mol. The van der Waals surface area contributed by atoms with E-state index in [-0.39, 0.29) is 6.61 Å². The quantitative estimate of drug-likeness (QED) is 0.502. The molecule has 1 aliphatic rings. The zero-order valence-corrected chi connectivity index (χ0v) is 14.7. The van der Waals surface area contributed by atoms with Gasteiger partial charge < -0.3 is 0 Å². The van der Waals surface area contributed by atoms with E-state index in [9.17, 15) is 9.59 Å². The second kappa shape index (κ2) is 7.51. The van der Waals surface area contributed by atoms with E-state index >= 15 is 0 Å². The number of carbonyl (C=O) groups is 2. The van der Waals surface area contributed by atoms with Crippen LogP contribution in [0, 0.1) is 0 Å². The lowest BCUT2D eigenvalue weighted by Crippen LogP contribution is -2.39. The number of aromatic nitrogens is 1. The van der Waals surface area contributed by atoms with Crippen LogP contribution in [0.2, 0.25) is 0 Å². The molecule has 5 nitrogen and oxygen atoms in total. The Balaban J connectivity index is 1.37. The van der Waals surface area contributed by atoms with Crippen LogP contribution in [0.5, 0.6) is 0 Å². The minimum atomic E-state index is -0.404. The molecule has 0 unspecified atom stereocenters. The van der Waals surface area contributed by atoms with Gasteiger partial charge >= 0.3 is 0 Å². The molecule has 2 aromatic carbocycles. The maximum atomic E-state index is 12.3. The van der Waals surface area contributed by atoms with Crippen molar-refractivity contribution in [2.24, 2.45) is 0 Å². The van der Waals surface area contributed by atoms with Crippen molar-refractivity contribution in [2.45, 2.75) is 13.0 Å². The van der Waals surface area contributed by atoms with Gasteiger partial charge in [-0.1, -0.05) is 42.5 Å². The van der Waals surface area contributed by atoms with Crippen molar-refractivity contribution in [3.8, 4) is 0 Å². The highest BCUT2D eigenvalue weighted by molar-refractivity contribution is 6.20. The minimum absolute atomic E-state index is 0.227. The Bertz CT molecular complexity index is 951. The molecule has 0 spiro atoms. The molecule has 1 aliphatic heterocycles. The van der Waals surface area contributed by atoms with Crippen LogP contribution in [0.25, 0.3) is 0 Å². The SMILES string of the molecule is O=C1c2ccccc2C(=O)N1OCC[n+]1cccc(Cc2ccccc2)c1. The van der Waals surface area contributed by atoms with Gasteiger partial charge in [0.15, 0.2) is 18.9 Å². The molecule has 4 rings (SSSR count). The predicted molar refractivity (Wildman–Crippen MR) is 98.8 cm³/mol. The standard InChI is InChI=1S/C22H19N2O3/c25-21-19-10-4-5-11-20(19)22(26)24(21)27-14-13-23-12-6-9-18(16-23)15-17-7-2-1-3-8-17/h1-12,16H,13-15H2/q+1. The number of carbonyl (C=O) groups excluding carboxylic acids is 2. The lowest BCUT2D eigenvalue weighted by Gasteiger charge is -2.12. The van der Waals surface area contributed by atoms with Crippen molar-refractivity contribution >= 4 is 11.8 Å².